The van der Waals surface area contributed by atoms with Gasteiger partial charge in [0.25, 0.3) is 0 Å². The van der Waals surface area contributed by atoms with Crippen molar-refractivity contribution in [3.8, 4) is 0 Å². The molecule has 0 bridgehead atoms. The Kier molecular flexibility index (Phi) is 4.66. The van der Waals surface area contributed by atoms with Crippen LogP contribution in [0.15, 0.2) is 24.3 Å². The average molecular weight is 289 g/mol. The third-order valence-corrected chi connectivity index (χ3v) is 3.93. The molecule has 2 unspecified atom stereocenters. The summed E-state index contributed by atoms with van der Waals surface area (Å²) in [5.74, 6) is -0.0852. The van der Waals surface area contributed by atoms with E-state index in [4.69, 9.17) is 4.74 Å². The maximum Gasteiger partial charge on any atom is 0.313 e. The number of fused-ring (bicyclic) bond motifs is 1. The normalized spacial score (nSPS) is 21.1. The zero-order valence-corrected chi connectivity index (χ0v) is 13.1. The Morgan fingerprint density at radius 3 is 2.62 bits per heavy atom. The first-order valence-electron chi connectivity index (χ1n) is 7.44. The summed E-state index contributed by atoms with van der Waals surface area (Å²) in [6.45, 7) is 6.06. The van der Waals surface area contributed by atoms with Crippen LogP contribution in [0.2, 0.25) is 0 Å². The molecule has 0 saturated carbocycles. The first kappa shape index (κ1) is 15.5. The Morgan fingerprint density at radius 2 is 2.00 bits per heavy atom. The average Bonchev–Trinajstić information content (AvgIpc) is 2.44. The minimum atomic E-state index is -0.288. The van der Waals surface area contributed by atoms with Crippen LogP contribution in [0.25, 0.3) is 0 Å². The van der Waals surface area contributed by atoms with Gasteiger partial charge in [-0.2, -0.15) is 0 Å². The molecule has 0 aliphatic carbocycles. The molecular weight excluding hydrogens is 266 g/mol. The number of methoxy groups -OCH3 is 1. The fraction of sp³-hybridized carbons (Fsp3) is 0.529. The second kappa shape index (κ2) is 6.29. The van der Waals surface area contributed by atoms with Crippen molar-refractivity contribution in [2.45, 2.75) is 45.6 Å². The van der Waals surface area contributed by atoms with Crippen molar-refractivity contribution in [3.63, 3.8) is 0 Å². The number of benzene rings is 1. The summed E-state index contributed by atoms with van der Waals surface area (Å²) >= 11 is 0. The number of hydrogen-bond acceptors (Lipinski definition) is 3. The second-order valence-corrected chi connectivity index (χ2v) is 6.08. The Morgan fingerprint density at radius 1 is 1.33 bits per heavy atom. The molecule has 1 amide bonds. The topological polar surface area (TPSA) is 46.6 Å². The molecule has 0 spiro atoms. The van der Waals surface area contributed by atoms with Gasteiger partial charge >= 0.3 is 5.97 Å². The molecule has 4 nitrogen and oxygen atoms in total. The summed E-state index contributed by atoms with van der Waals surface area (Å²) in [6.07, 6.45) is 1.12. The smallest absolute Gasteiger partial charge is 0.313 e. The van der Waals surface area contributed by atoms with Crippen molar-refractivity contribution in [1.82, 2.24) is 0 Å². The number of hydrogen-bond donors (Lipinski definition) is 0. The highest BCUT2D eigenvalue weighted by atomic mass is 16.5. The van der Waals surface area contributed by atoms with E-state index in [2.05, 4.69) is 0 Å². The van der Waals surface area contributed by atoms with E-state index >= 15 is 0 Å². The third-order valence-electron chi connectivity index (χ3n) is 3.93. The van der Waals surface area contributed by atoms with Gasteiger partial charge in [-0.25, -0.2) is 0 Å². The summed E-state index contributed by atoms with van der Waals surface area (Å²) in [7, 11) is 1.41. The summed E-state index contributed by atoms with van der Waals surface area (Å²) in [5.41, 5.74) is 1.73. The van der Waals surface area contributed by atoms with Crippen molar-refractivity contribution in [1.29, 1.82) is 0 Å². The SMILES string of the molecule is COC(=O)C1CC(C)N(C(=O)CC(C)C)c2ccccc21. The lowest BCUT2D eigenvalue weighted by Gasteiger charge is -2.38. The van der Waals surface area contributed by atoms with Crippen LogP contribution in [0, 0.1) is 5.92 Å². The Hall–Kier alpha value is -1.84. The monoisotopic (exact) mass is 289 g/mol. The van der Waals surface area contributed by atoms with Crippen LogP contribution in [0.1, 0.15) is 45.1 Å². The van der Waals surface area contributed by atoms with E-state index in [0.29, 0.717) is 18.8 Å². The van der Waals surface area contributed by atoms with Gasteiger partial charge in [0.05, 0.1) is 13.0 Å². The number of para-hydroxylation sites is 1. The molecule has 1 heterocycles. The molecular formula is C17H23NO3. The lowest BCUT2D eigenvalue weighted by atomic mass is 9.85. The molecule has 0 saturated heterocycles. The van der Waals surface area contributed by atoms with Crippen LogP contribution in [0.3, 0.4) is 0 Å². The van der Waals surface area contributed by atoms with Gasteiger partial charge in [-0.15, -0.1) is 0 Å². The van der Waals surface area contributed by atoms with Crippen molar-refractivity contribution in [2.75, 3.05) is 12.0 Å². The zero-order chi connectivity index (χ0) is 15.6. The van der Waals surface area contributed by atoms with E-state index in [0.717, 1.165) is 11.3 Å². The second-order valence-electron chi connectivity index (χ2n) is 6.08. The molecule has 1 aromatic rings. The molecule has 4 heteroatoms. The number of carbonyl (C=O) groups excluding carboxylic acids is 2. The molecule has 1 aliphatic heterocycles. The summed E-state index contributed by atoms with van der Waals surface area (Å²) in [5, 5.41) is 0. The molecule has 1 aromatic carbocycles. The van der Waals surface area contributed by atoms with Crippen molar-refractivity contribution < 1.29 is 14.3 Å². The van der Waals surface area contributed by atoms with E-state index in [-0.39, 0.29) is 23.8 Å². The number of ether oxygens (including phenoxy) is 1. The standard InChI is InChI=1S/C17H23NO3/c1-11(2)9-16(19)18-12(3)10-14(17(20)21-4)13-7-5-6-8-15(13)18/h5-8,11-12,14H,9-10H2,1-4H3. The first-order chi connectivity index (χ1) is 9.95. The number of nitrogens with zero attached hydrogens (tertiary/aromatic N) is 1. The predicted octanol–water partition coefficient (Wildman–Crippen LogP) is 3.11. The van der Waals surface area contributed by atoms with Crippen LogP contribution in [-0.4, -0.2) is 25.0 Å². The molecule has 0 N–H and O–H groups in total. The fourth-order valence-electron chi connectivity index (χ4n) is 3.01. The predicted molar refractivity (Wildman–Crippen MR) is 82.2 cm³/mol. The highest BCUT2D eigenvalue weighted by Crippen LogP contribution is 2.39. The van der Waals surface area contributed by atoms with Gasteiger partial charge in [-0.3, -0.25) is 9.59 Å². The largest absolute Gasteiger partial charge is 0.469 e. The molecule has 114 valence electrons. The van der Waals surface area contributed by atoms with Gasteiger partial charge in [0.1, 0.15) is 0 Å². The highest BCUT2D eigenvalue weighted by molar-refractivity contribution is 5.97. The summed E-state index contributed by atoms with van der Waals surface area (Å²) < 4.78 is 4.91. The molecule has 1 aliphatic rings. The van der Waals surface area contributed by atoms with Crippen molar-refractivity contribution in [2.24, 2.45) is 5.92 Å². The fourth-order valence-corrected chi connectivity index (χ4v) is 3.01. The molecule has 21 heavy (non-hydrogen) atoms. The van der Waals surface area contributed by atoms with Gasteiger partial charge in [0, 0.05) is 18.2 Å². The molecule has 0 fully saturated rings. The maximum absolute atomic E-state index is 12.5. The number of anilines is 1. The number of amides is 1. The highest BCUT2D eigenvalue weighted by Gasteiger charge is 2.37. The minimum Gasteiger partial charge on any atom is -0.469 e. The Balaban J connectivity index is 2.40. The van der Waals surface area contributed by atoms with Crippen LogP contribution in [0.4, 0.5) is 5.69 Å². The van der Waals surface area contributed by atoms with E-state index in [1.54, 1.807) is 0 Å². The van der Waals surface area contributed by atoms with E-state index < -0.39 is 0 Å². The molecule has 0 aromatic heterocycles. The Bertz CT molecular complexity index is 539. The molecule has 2 atom stereocenters. The van der Waals surface area contributed by atoms with E-state index in [1.807, 2.05) is 49.9 Å². The quantitative estimate of drug-likeness (QED) is 0.803. The van der Waals surface area contributed by atoms with Gasteiger partial charge in [0.15, 0.2) is 0 Å². The number of rotatable bonds is 3. The van der Waals surface area contributed by atoms with Crippen LogP contribution in [-0.2, 0) is 14.3 Å². The summed E-state index contributed by atoms with van der Waals surface area (Å²) in [6, 6.07) is 7.63. The third kappa shape index (κ3) is 3.09. The number of esters is 1. The lowest BCUT2D eigenvalue weighted by molar-refractivity contribution is -0.143. The van der Waals surface area contributed by atoms with Crippen molar-refractivity contribution in [3.05, 3.63) is 29.8 Å². The van der Waals surface area contributed by atoms with Crippen molar-refractivity contribution >= 4 is 17.6 Å². The van der Waals surface area contributed by atoms with E-state index in [9.17, 15) is 9.59 Å². The van der Waals surface area contributed by atoms with Gasteiger partial charge in [0.2, 0.25) is 5.91 Å². The molecule has 2 rings (SSSR count). The van der Waals surface area contributed by atoms with Crippen LogP contribution in [0.5, 0.6) is 0 Å². The zero-order valence-electron chi connectivity index (χ0n) is 13.1. The summed E-state index contributed by atoms with van der Waals surface area (Å²) in [4.78, 5) is 26.4. The van der Waals surface area contributed by atoms with Crippen LogP contribution < -0.4 is 4.90 Å². The number of carbonyl (C=O) groups is 2. The maximum atomic E-state index is 12.5. The lowest BCUT2D eigenvalue weighted by Crippen LogP contribution is -2.44. The minimum absolute atomic E-state index is 0.00440. The van der Waals surface area contributed by atoms with Gasteiger partial charge < -0.3 is 9.64 Å². The van der Waals surface area contributed by atoms with Gasteiger partial charge in [-0.1, -0.05) is 32.0 Å². The van der Waals surface area contributed by atoms with E-state index in [1.165, 1.54) is 7.11 Å². The molecule has 0 radical (unpaired) electrons. The Labute approximate surface area is 126 Å². The van der Waals surface area contributed by atoms with Crippen LogP contribution >= 0.6 is 0 Å². The first-order valence-corrected chi connectivity index (χ1v) is 7.44. The van der Waals surface area contributed by atoms with Gasteiger partial charge in [-0.05, 0) is 30.9 Å².